The molecule has 4 atom stereocenters. The molecule has 4 heterocycles. The Kier molecular flexibility index (Phi) is 8.13. The van der Waals surface area contributed by atoms with Crippen LogP contribution in [-0.4, -0.2) is 78.1 Å². The molecule has 1 aromatic heterocycles. The van der Waals surface area contributed by atoms with Gasteiger partial charge in [-0.1, -0.05) is 25.8 Å². The summed E-state index contributed by atoms with van der Waals surface area (Å²) < 4.78 is 68.4. The van der Waals surface area contributed by atoms with E-state index in [4.69, 9.17) is 16.1 Å². The number of hydrogen-bond acceptors (Lipinski definition) is 7. The average Bonchev–Trinajstić information content (AvgIpc) is 3.40. The first kappa shape index (κ1) is 31.5. The SMILES string of the molecule is C#Cc1c(F)ccc2cc(O)cc(-c3c(F)cc4c(N5C[C@H]6CC[C@@H](C5)N6)nc(OC[C@]5(C)CN(CC)CC[C@H]5CF)nc4c3F)c12. The lowest BCUT2D eigenvalue weighted by Gasteiger charge is -2.44. The van der Waals surface area contributed by atoms with Crippen molar-refractivity contribution in [3.8, 4) is 35.2 Å². The van der Waals surface area contributed by atoms with Crippen LogP contribution in [0.2, 0.25) is 0 Å². The number of aromatic nitrogens is 2. The molecule has 3 fully saturated rings. The quantitative estimate of drug-likeness (QED) is 0.183. The number of phenols is 1. The van der Waals surface area contributed by atoms with Crippen LogP contribution >= 0.6 is 0 Å². The van der Waals surface area contributed by atoms with Crippen molar-refractivity contribution in [3.05, 3.63) is 53.3 Å². The van der Waals surface area contributed by atoms with Gasteiger partial charge in [-0.15, -0.1) is 6.42 Å². The number of ether oxygens (including phenoxy) is 1. The molecular weight excluding hydrogens is 610 g/mol. The van der Waals surface area contributed by atoms with Crippen molar-refractivity contribution < 1.29 is 27.4 Å². The number of benzene rings is 3. The number of anilines is 1. The van der Waals surface area contributed by atoms with Crippen LogP contribution in [-0.2, 0) is 0 Å². The third kappa shape index (κ3) is 5.51. The first-order valence-corrected chi connectivity index (χ1v) is 16.2. The Labute approximate surface area is 270 Å². The van der Waals surface area contributed by atoms with Gasteiger partial charge in [0.2, 0.25) is 0 Å². The maximum Gasteiger partial charge on any atom is 0.319 e. The Morgan fingerprint density at radius 3 is 2.55 bits per heavy atom. The van der Waals surface area contributed by atoms with Crippen LogP contribution in [0, 0.1) is 41.1 Å². The number of nitrogens with one attached hydrogen (secondary N) is 1. The number of fused-ring (bicyclic) bond motifs is 4. The molecule has 0 spiro atoms. The van der Waals surface area contributed by atoms with E-state index in [1.807, 2.05) is 11.8 Å². The van der Waals surface area contributed by atoms with Gasteiger partial charge in [0, 0.05) is 53.5 Å². The summed E-state index contributed by atoms with van der Waals surface area (Å²) in [5.74, 6) is -0.545. The van der Waals surface area contributed by atoms with Gasteiger partial charge in [0.1, 0.15) is 28.7 Å². The number of nitrogens with zero attached hydrogens (tertiary/aromatic N) is 4. The van der Waals surface area contributed by atoms with Gasteiger partial charge in [0.25, 0.3) is 0 Å². The van der Waals surface area contributed by atoms with E-state index < -0.39 is 35.1 Å². The van der Waals surface area contributed by atoms with E-state index in [1.165, 1.54) is 24.3 Å². The highest BCUT2D eigenvalue weighted by Gasteiger charge is 2.41. The molecule has 3 saturated heterocycles. The highest BCUT2D eigenvalue weighted by Crippen LogP contribution is 2.42. The highest BCUT2D eigenvalue weighted by molar-refractivity contribution is 6.04. The number of phenolic OH excluding ortho intramolecular Hbond substituents is 1. The van der Waals surface area contributed by atoms with E-state index in [0.717, 1.165) is 32.0 Å². The maximum atomic E-state index is 16.9. The van der Waals surface area contributed by atoms with Crippen molar-refractivity contribution in [2.24, 2.45) is 11.3 Å². The molecule has 0 aliphatic carbocycles. The van der Waals surface area contributed by atoms with Gasteiger partial charge in [-0.3, -0.25) is 4.39 Å². The molecule has 3 aliphatic heterocycles. The minimum absolute atomic E-state index is 0.0925. The molecule has 7 nitrogen and oxygen atoms in total. The molecule has 4 aromatic rings. The second-order valence-electron chi connectivity index (χ2n) is 13.4. The number of alkyl halides is 1. The van der Waals surface area contributed by atoms with Crippen molar-refractivity contribution in [2.45, 2.75) is 45.2 Å². The predicted molar refractivity (Wildman–Crippen MR) is 174 cm³/mol. The van der Waals surface area contributed by atoms with Gasteiger partial charge >= 0.3 is 6.01 Å². The van der Waals surface area contributed by atoms with E-state index in [0.29, 0.717) is 37.3 Å². The second kappa shape index (κ2) is 12.1. The molecule has 0 saturated carbocycles. The molecule has 0 radical (unpaired) electrons. The molecule has 0 unspecified atom stereocenters. The van der Waals surface area contributed by atoms with Gasteiger partial charge < -0.3 is 25.0 Å². The molecule has 47 heavy (non-hydrogen) atoms. The second-order valence-corrected chi connectivity index (χ2v) is 13.4. The van der Waals surface area contributed by atoms with Gasteiger partial charge in [-0.05, 0) is 67.9 Å². The number of halogens is 4. The minimum Gasteiger partial charge on any atom is -0.508 e. The Balaban J connectivity index is 1.39. The molecular formula is C36H37F4N5O2. The monoisotopic (exact) mass is 647 g/mol. The Hall–Kier alpha value is -4.14. The summed E-state index contributed by atoms with van der Waals surface area (Å²) in [4.78, 5) is 13.5. The predicted octanol–water partition coefficient (Wildman–Crippen LogP) is 6.19. The molecule has 3 aromatic carbocycles. The van der Waals surface area contributed by atoms with E-state index in [9.17, 15) is 13.9 Å². The molecule has 2 N–H and O–H groups in total. The van der Waals surface area contributed by atoms with Crippen LogP contribution in [0.4, 0.5) is 23.4 Å². The number of rotatable bonds is 7. The van der Waals surface area contributed by atoms with Gasteiger partial charge in [-0.2, -0.15) is 9.97 Å². The molecule has 7 rings (SSSR count). The van der Waals surface area contributed by atoms with Crippen LogP contribution in [0.25, 0.3) is 32.8 Å². The number of terminal acetylenes is 1. The lowest BCUT2D eigenvalue weighted by atomic mass is 9.73. The van der Waals surface area contributed by atoms with E-state index >= 15 is 8.78 Å². The summed E-state index contributed by atoms with van der Waals surface area (Å²) in [6, 6.07) is 6.57. The first-order valence-electron chi connectivity index (χ1n) is 16.2. The third-order valence-corrected chi connectivity index (χ3v) is 10.4. The lowest BCUT2D eigenvalue weighted by molar-refractivity contribution is -0.00718. The zero-order valence-electron chi connectivity index (χ0n) is 26.4. The van der Waals surface area contributed by atoms with Crippen LogP contribution in [0.1, 0.15) is 38.7 Å². The first-order chi connectivity index (χ1) is 22.6. The zero-order valence-corrected chi connectivity index (χ0v) is 26.4. The molecule has 3 aliphatic rings. The van der Waals surface area contributed by atoms with Crippen molar-refractivity contribution in [3.63, 3.8) is 0 Å². The van der Waals surface area contributed by atoms with Crippen LogP contribution in [0.5, 0.6) is 11.8 Å². The third-order valence-electron chi connectivity index (χ3n) is 10.4. The summed E-state index contributed by atoms with van der Waals surface area (Å²) in [6.07, 6.45) is 8.30. The molecule has 246 valence electrons. The number of likely N-dealkylation sites (tertiary alicyclic amines) is 1. The van der Waals surface area contributed by atoms with Crippen LogP contribution in [0.3, 0.4) is 0 Å². The van der Waals surface area contributed by atoms with E-state index in [1.54, 1.807) is 0 Å². The summed E-state index contributed by atoms with van der Waals surface area (Å²) in [6.45, 7) is 7.09. The fraction of sp³-hybridized carbons (Fsp3) is 0.444. The number of piperazine rings is 1. The van der Waals surface area contributed by atoms with Gasteiger partial charge in [0.05, 0.1) is 24.4 Å². The topological polar surface area (TPSA) is 73.8 Å². The highest BCUT2D eigenvalue weighted by atomic mass is 19.1. The number of aromatic hydroxyl groups is 1. The minimum atomic E-state index is -1.02. The largest absolute Gasteiger partial charge is 0.508 e. The average molecular weight is 648 g/mol. The lowest BCUT2D eigenvalue weighted by Crippen LogP contribution is -2.51. The van der Waals surface area contributed by atoms with Crippen molar-refractivity contribution in [2.75, 3.05) is 50.9 Å². The van der Waals surface area contributed by atoms with Crippen molar-refractivity contribution >= 4 is 27.5 Å². The zero-order chi connectivity index (χ0) is 33.0. The molecule has 11 heteroatoms. The van der Waals surface area contributed by atoms with Crippen LogP contribution in [0.15, 0.2) is 30.3 Å². The van der Waals surface area contributed by atoms with Crippen LogP contribution < -0.4 is 15.0 Å². The normalized spacial score (nSPS) is 24.6. The van der Waals surface area contributed by atoms with Gasteiger partial charge in [0.15, 0.2) is 5.82 Å². The van der Waals surface area contributed by atoms with Gasteiger partial charge in [-0.25, -0.2) is 13.2 Å². The smallest absolute Gasteiger partial charge is 0.319 e. The van der Waals surface area contributed by atoms with Crippen molar-refractivity contribution in [1.29, 1.82) is 0 Å². The van der Waals surface area contributed by atoms with E-state index in [2.05, 4.69) is 28.0 Å². The summed E-state index contributed by atoms with van der Waals surface area (Å²) in [5, 5.41) is 14.7. The van der Waals surface area contributed by atoms with Crippen molar-refractivity contribution in [1.82, 2.24) is 20.2 Å². The summed E-state index contributed by atoms with van der Waals surface area (Å²) in [7, 11) is 0. The fourth-order valence-corrected chi connectivity index (χ4v) is 7.78. The Bertz CT molecular complexity index is 1900. The maximum absolute atomic E-state index is 16.9. The Morgan fingerprint density at radius 2 is 1.85 bits per heavy atom. The number of hydrogen-bond donors (Lipinski definition) is 2. The summed E-state index contributed by atoms with van der Waals surface area (Å²) in [5.41, 5.74) is -1.52. The fourth-order valence-electron chi connectivity index (χ4n) is 7.78. The molecule has 0 amide bonds. The number of piperidine rings is 1. The Morgan fingerprint density at radius 1 is 1.09 bits per heavy atom. The molecule has 2 bridgehead atoms. The van der Waals surface area contributed by atoms with E-state index in [-0.39, 0.29) is 63.8 Å². The standard InChI is InChI=1S/C36H37F4N5O2/c1-4-25-28(38)9-6-20-12-24(46)13-26(30(20)25)31-29(39)14-27-33(32(31)40)42-35(43-34(27)45-16-22-7-8-23(17-45)41-22)47-19-36(3)18-44(5-2)11-10-21(36)15-37/h1,6,9,12-14,21-23,41,46H,5,7-8,10-11,15-19H2,2-3H3/t21-,22-,23+,36-/m0/s1. The summed E-state index contributed by atoms with van der Waals surface area (Å²) >= 11 is 0.